The van der Waals surface area contributed by atoms with Crippen LogP contribution in [-0.4, -0.2) is 54.4 Å². The number of hydrogen-bond donors (Lipinski definition) is 0. The third-order valence-corrected chi connectivity index (χ3v) is 7.80. The Morgan fingerprint density at radius 1 is 1.08 bits per heavy atom. The van der Waals surface area contributed by atoms with Gasteiger partial charge >= 0.3 is 0 Å². The van der Waals surface area contributed by atoms with E-state index in [1.165, 1.54) is 0 Å². The molecule has 2 aliphatic rings. The summed E-state index contributed by atoms with van der Waals surface area (Å²) in [6.45, 7) is 6.14. The summed E-state index contributed by atoms with van der Waals surface area (Å²) >= 11 is 0. The number of ether oxygens (including phenoxy) is 1. The fourth-order valence-corrected chi connectivity index (χ4v) is 5.54. The number of fused-ring (bicyclic) bond motifs is 1. The maximum absolute atomic E-state index is 15.9. The largest absolute Gasteiger partial charge is 0.497 e. The summed E-state index contributed by atoms with van der Waals surface area (Å²) in [7, 11) is 3.38. The normalized spacial score (nSPS) is 16.9. The smallest absolute Gasteiger partial charge is 0.227 e. The van der Waals surface area contributed by atoms with E-state index in [-0.39, 0.29) is 11.7 Å². The van der Waals surface area contributed by atoms with Gasteiger partial charge in [-0.15, -0.1) is 0 Å². The molecule has 1 amide bonds. The fraction of sp³-hybridized carbons (Fsp3) is 0.448. The molecule has 6 nitrogen and oxygen atoms in total. The van der Waals surface area contributed by atoms with Crippen LogP contribution in [0.15, 0.2) is 42.6 Å². The van der Waals surface area contributed by atoms with Crippen molar-refractivity contribution in [2.75, 3.05) is 38.7 Å². The Morgan fingerprint density at radius 3 is 2.53 bits per heavy atom. The van der Waals surface area contributed by atoms with Crippen LogP contribution in [-0.2, 0) is 24.2 Å². The number of piperidine rings is 1. The van der Waals surface area contributed by atoms with Gasteiger partial charge in [-0.1, -0.05) is 19.1 Å². The van der Waals surface area contributed by atoms with Gasteiger partial charge in [-0.05, 0) is 86.6 Å². The molecule has 190 valence electrons. The monoisotopic (exact) mass is 490 g/mol. The van der Waals surface area contributed by atoms with E-state index in [1.54, 1.807) is 25.1 Å². The number of carbonyl (C=O) groups excluding carboxylic acids is 1. The zero-order chi connectivity index (χ0) is 25.2. The molecule has 2 aliphatic heterocycles. The standard InChI is InChI=1S/C29H35FN4O2/c1-4-33-15-13-20(14-16-33)17-22-19-34(18-21-5-7-23(36-3)8-6-21)31-29(22)25-9-11-26-24(28(25)30)10-12-27(35)32(26)2/h5-9,11,19-20H,4,10,12-18H2,1-3H3. The summed E-state index contributed by atoms with van der Waals surface area (Å²) in [5.74, 6) is 1.16. The Kier molecular flexibility index (Phi) is 7.10. The molecule has 3 aromatic rings. The molecular formula is C29H35FN4O2. The summed E-state index contributed by atoms with van der Waals surface area (Å²) in [6.07, 6.45) is 6.05. The molecule has 0 atom stereocenters. The Morgan fingerprint density at radius 2 is 1.83 bits per heavy atom. The molecule has 0 aliphatic carbocycles. The molecule has 36 heavy (non-hydrogen) atoms. The minimum atomic E-state index is -0.247. The highest BCUT2D eigenvalue weighted by molar-refractivity contribution is 5.96. The molecule has 7 heteroatoms. The van der Waals surface area contributed by atoms with Crippen LogP contribution >= 0.6 is 0 Å². The lowest BCUT2D eigenvalue weighted by molar-refractivity contribution is -0.118. The molecule has 0 N–H and O–H groups in total. The minimum absolute atomic E-state index is 0.0255. The highest BCUT2D eigenvalue weighted by Crippen LogP contribution is 2.36. The van der Waals surface area contributed by atoms with E-state index < -0.39 is 0 Å². The van der Waals surface area contributed by atoms with Gasteiger partial charge in [0.2, 0.25) is 5.91 Å². The minimum Gasteiger partial charge on any atom is -0.497 e. The Labute approximate surface area is 212 Å². The average molecular weight is 491 g/mol. The van der Waals surface area contributed by atoms with Crippen molar-refractivity contribution in [2.45, 2.75) is 45.6 Å². The van der Waals surface area contributed by atoms with E-state index in [0.717, 1.165) is 61.5 Å². The molecule has 1 fully saturated rings. The van der Waals surface area contributed by atoms with E-state index in [9.17, 15) is 4.79 Å². The molecule has 0 bridgehead atoms. The zero-order valence-electron chi connectivity index (χ0n) is 21.5. The molecule has 1 saturated heterocycles. The maximum atomic E-state index is 15.9. The summed E-state index contributed by atoms with van der Waals surface area (Å²) in [4.78, 5) is 16.2. The molecule has 0 radical (unpaired) electrons. The second-order valence-electron chi connectivity index (χ2n) is 10.0. The average Bonchev–Trinajstić information content (AvgIpc) is 3.29. The van der Waals surface area contributed by atoms with Gasteiger partial charge in [0, 0.05) is 36.5 Å². The third kappa shape index (κ3) is 4.89. The number of rotatable bonds is 7. The summed E-state index contributed by atoms with van der Waals surface area (Å²) in [6, 6.07) is 11.6. The van der Waals surface area contributed by atoms with Crippen LogP contribution in [0, 0.1) is 11.7 Å². The molecular weight excluding hydrogens is 455 g/mol. The molecule has 0 unspecified atom stereocenters. The Balaban J connectivity index is 1.48. The Hall–Kier alpha value is -3.19. The van der Waals surface area contributed by atoms with Crippen LogP contribution in [0.2, 0.25) is 0 Å². The van der Waals surface area contributed by atoms with E-state index in [4.69, 9.17) is 9.84 Å². The molecule has 2 aromatic carbocycles. The van der Waals surface area contributed by atoms with Gasteiger partial charge in [-0.25, -0.2) is 4.39 Å². The van der Waals surface area contributed by atoms with E-state index >= 15 is 4.39 Å². The van der Waals surface area contributed by atoms with Crippen molar-refractivity contribution in [3.63, 3.8) is 0 Å². The Bertz CT molecular complexity index is 1230. The van der Waals surface area contributed by atoms with Gasteiger partial charge < -0.3 is 14.5 Å². The van der Waals surface area contributed by atoms with Crippen molar-refractivity contribution in [2.24, 2.45) is 5.92 Å². The quantitative estimate of drug-likeness (QED) is 0.471. The van der Waals surface area contributed by atoms with E-state index in [2.05, 4.69) is 18.0 Å². The number of amides is 1. The van der Waals surface area contributed by atoms with Gasteiger partial charge in [0.1, 0.15) is 11.6 Å². The lowest BCUT2D eigenvalue weighted by atomic mass is 9.88. The number of aromatic nitrogens is 2. The first-order valence-corrected chi connectivity index (χ1v) is 13.0. The molecule has 0 spiro atoms. The van der Waals surface area contributed by atoms with Crippen molar-refractivity contribution in [1.29, 1.82) is 0 Å². The molecule has 3 heterocycles. The number of anilines is 1. The first-order chi connectivity index (χ1) is 17.5. The number of benzene rings is 2. The molecule has 1 aromatic heterocycles. The van der Waals surface area contributed by atoms with E-state index in [0.29, 0.717) is 42.1 Å². The molecule has 5 rings (SSSR count). The maximum Gasteiger partial charge on any atom is 0.227 e. The van der Waals surface area contributed by atoms with Gasteiger partial charge in [0.25, 0.3) is 0 Å². The second-order valence-corrected chi connectivity index (χ2v) is 10.0. The second kappa shape index (κ2) is 10.4. The van der Waals surface area contributed by atoms with Crippen LogP contribution in [0.25, 0.3) is 11.3 Å². The van der Waals surface area contributed by atoms with Gasteiger partial charge in [0.15, 0.2) is 0 Å². The lowest BCUT2D eigenvalue weighted by Crippen LogP contribution is -2.34. The number of nitrogens with zero attached hydrogens (tertiary/aromatic N) is 4. The van der Waals surface area contributed by atoms with Crippen molar-refractivity contribution in [3.8, 4) is 17.0 Å². The zero-order valence-corrected chi connectivity index (χ0v) is 21.5. The van der Waals surface area contributed by atoms with Crippen LogP contribution in [0.5, 0.6) is 5.75 Å². The predicted octanol–water partition coefficient (Wildman–Crippen LogP) is 4.93. The van der Waals surface area contributed by atoms with Gasteiger partial charge in [0.05, 0.1) is 19.3 Å². The summed E-state index contributed by atoms with van der Waals surface area (Å²) in [5.41, 5.74) is 4.74. The number of halogens is 1. The first-order valence-electron chi connectivity index (χ1n) is 13.0. The number of carbonyl (C=O) groups is 1. The van der Waals surface area contributed by atoms with E-state index in [1.807, 2.05) is 35.0 Å². The van der Waals surface area contributed by atoms with Crippen LogP contribution in [0.4, 0.5) is 10.1 Å². The van der Waals surface area contributed by atoms with Crippen molar-refractivity contribution in [1.82, 2.24) is 14.7 Å². The summed E-state index contributed by atoms with van der Waals surface area (Å²) in [5, 5.41) is 4.91. The number of methoxy groups -OCH3 is 1. The van der Waals surface area contributed by atoms with Crippen LogP contribution < -0.4 is 9.64 Å². The third-order valence-electron chi connectivity index (χ3n) is 7.80. The van der Waals surface area contributed by atoms with Crippen molar-refractivity contribution >= 4 is 11.6 Å². The summed E-state index contributed by atoms with van der Waals surface area (Å²) < 4.78 is 23.1. The highest BCUT2D eigenvalue weighted by atomic mass is 19.1. The van der Waals surface area contributed by atoms with Crippen molar-refractivity contribution < 1.29 is 13.9 Å². The van der Waals surface area contributed by atoms with Crippen LogP contribution in [0.3, 0.4) is 0 Å². The molecule has 0 saturated carbocycles. The van der Waals surface area contributed by atoms with Crippen molar-refractivity contribution in [3.05, 3.63) is 65.1 Å². The topological polar surface area (TPSA) is 50.6 Å². The van der Waals surface area contributed by atoms with Crippen LogP contribution in [0.1, 0.15) is 42.9 Å². The number of hydrogen-bond acceptors (Lipinski definition) is 4. The first kappa shape index (κ1) is 24.5. The SMILES string of the molecule is CCN1CCC(Cc2cn(Cc3ccc(OC)cc3)nc2-c2ccc3c(c2F)CCC(=O)N3C)CC1. The predicted molar refractivity (Wildman–Crippen MR) is 140 cm³/mol. The highest BCUT2D eigenvalue weighted by Gasteiger charge is 2.28. The van der Waals surface area contributed by atoms with Gasteiger partial charge in [-0.2, -0.15) is 5.10 Å². The number of likely N-dealkylation sites (tertiary alicyclic amines) is 1. The van der Waals surface area contributed by atoms with Gasteiger partial charge in [-0.3, -0.25) is 9.48 Å². The fourth-order valence-electron chi connectivity index (χ4n) is 5.54. The lowest BCUT2D eigenvalue weighted by Gasteiger charge is -2.31.